The summed E-state index contributed by atoms with van der Waals surface area (Å²) in [5.41, 5.74) is 0.678. The average molecular weight is 334 g/mol. The van der Waals surface area contributed by atoms with Gasteiger partial charge in [-0.05, 0) is 18.2 Å². The van der Waals surface area contributed by atoms with Gasteiger partial charge in [-0.2, -0.15) is 0 Å². The molecule has 1 heterocycles. The minimum absolute atomic E-state index is 0.102. The summed E-state index contributed by atoms with van der Waals surface area (Å²) >= 11 is 17.9. The van der Waals surface area contributed by atoms with Gasteiger partial charge in [0.1, 0.15) is 0 Å². The lowest BCUT2D eigenvalue weighted by molar-refractivity contribution is -0.386. The Kier molecular flexibility index (Phi) is 4.32. The summed E-state index contributed by atoms with van der Waals surface area (Å²) in [5, 5.41) is 11.8. The Balaban J connectivity index is 2.59. The van der Waals surface area contributed by atoms with Gasteiger partial charge in [0.25, 0.3) is 5.88 Å². The number of hydrogen-bond acceptors (Lipinski definition) is 4. The van der Waals surface area contributed by atoms with Crippen molar-refractivity contribution in [2.45, 2.75) is 0 Å². The van der Waals surface area contributed by atoms with E-state index >= 15 is 0 Å². The molecule has 0 aliphatic heterocycles. The van der Waals surface area contributed by atoms with Crippen LogP contribution >= 0.6 is 34.8 Å². The van der Waals surface area contributed by atoms with Crippen molar-refractivity contribution >= 4 is 40.5 Å². The van der Waals surface area contributed by atoms with Crippen LogP contribution in [0.2, 0.25) is 15.1 Å². The van der Waals surface area contributed by atoms with E-state index in [4.69, 9.17) is 39.5 Å². The molecule has 0 N–H and O–H groups in total. The third-order valence-corrected chi connectivity index (χ3v) is 3.55. The van der Waals surface area contributed by atoms with E-state index in [1.54, 1.807) is 6.07 Å². The van der Waals surface area contributed by atoms with Crippen molar-refractivity contribution in [3.8, 4) is 17.1 Å². The maximum absolute atomic E-state index is 10.8. The van der Waals surface area contributed by atoms with Gasteiger partial charge in [-0.3, -0.25) is 10.1 Å². The molecule has 8 heteroatoms. The van der Waals surface area contributed by atoms with Crippen molar-refractivity contribution in [2.75, 3.05) is 7.11 Å². The number of hydrogen-bond donors (Lipinski definition) is 0. The van der Waals surface area contributed by atoms with Gasteiger partial charge < -0.3 is 4.74 Å². The number of methoxy groups -OCH3 is 1. The Morgan fingerprint density at radius 1 is 1.15 bits per heavy atom. The van der Waals surface area contributed by atoms with Gasteiger partial charge in [-0.15, -0.1) is 0 Å². The molecule has 0 atom stereocenters. The highest BCUT2D eigenvalue weighted by Gasteiger charge is 2.18. The Bertz CT molecular complexity index is 692. The predicted octanol–water partition coefficient (Wildman–Crippen LogP) is 4.63. The number of nitro groups is 1. The second-order valence-electron chi connectivity index (χ2n) is 3.73. The van der Waals surface area contributed by atoms with E-state index in [0.29, 0.717) is 26.3 Å². The topological polar surface area (TPSA) is 65.3 Å². The first-order valence-electron chi connectivity index (χ1n) is 5.28. The highest BCUT2D eigenvalue weighted by Crippen LogP contribution is 2.36. The van der Waals surface area contributed by atoms with Crippen LogP contribution in [-0.4, -0.2) is 17.0 Å². The molecule has 0 saturated heterocycles. The first-order valence-corrected chi connectivity index (χ1v) is 6.41. The molecule has 2 rings (SSSR count). The lowest BCUT2D eigenvalue weighted by Gasteiger charge is -2.07. The van der Waals surface area contributed by atoms with Crippen molar-refractivity contribution in [1.82, 2.24) is 4.98 Å². The smallest absolute Gasteiger partial charge is 0.330 e. The maximum atomic E-state index is 10.8. The van der Waals surface area contributed by atoms with Crippen LogP contribution in [0.4, 0.5) is 5.69 Å². The second-order valence-corrected chi connectivity index (χ2v) is 4.95. The summed E-state index contributed by atoms with van der Waals surface area (Å²) in [6, 6.07) is 5.78. The Labute approximate surface area is 129 Å². The van der Waals surface area contributed by atoms with E-state index in [9.17, 15) is 10.1 Å². The van der Waals surface area contributed by atoms with Crippen LogP contribution in [-0.2, 0) is 0 Å². The number of nitrogens with zero attached hydrogens (tertiary/aromatic N) is 2. The van der Waals surface area contributed by atoms with Crippen LogP contribution in [0.1, 0.15) is 0 Å². The second kappa shape index (κ2) is 5.83. The maximum Gasteiger partial charge on any atom is 0.330 e. The summed E-state index contributed by atoms with van der Waals surface area (Å²) < 4.78 is 4.91. The Morgan fingerprint density at radius 3 is 2.40 bits per heavy atom. The van der Waals surface area contributed by atoms with Crippen LogP contribution in [0.25, 0.3) is 11.3 Å². The van der Waals surface area contributed by atoms with Gasteiger partial charge in [0.15, 0.2) is 0 Å². The third kappa shape index (κ3) is 2.80. The van der Waals surface area contributed by atoms with E-state index < -0.39 is 4.92 Å². The molecule has 0 unspecified atom stereocenters. The van der Waals surface area contributed by atoms with E-state index in [-0.39, 0.29) is 11.6 Å². The summed E-state index contributed by atoms with van der Waals surface area (Å²) in [6.07, 6.45) is 0. The number of pyridine rings is 1. The Morgan fingerprint density at radius 2 is 1.80 bits per heavy atom. The summed E-state index contributed by atoms with van der Waals surface area (Å²) in [6.45, 7) is 0. The number of ether oxygens (including phenoxy) is 1. The molecule has 0 aliphatic rings. The van der Waals surface area contributed by atoms with E-state index in [0.717, 1.165) is 0 Å². The van der Waals surface area contributed by atoms with E-state index in [1.807, 2.05) is 0 Å². The van der Waals surface area contributed by atoms with E-state index in [1.165, 1.54) is 25.3 Å². The molecule has 0 radical (unpaired) electrons. The zero-order valence-corrected chi connectivity index (χ0v) is 12.3. The number of aromatic nitrogens is 1. The highest BCUT2D eigenvalue weighted by atomic mass is 35.5. The zero-order valence-electron chi connectivity index (χ0n) is 10.1. The molecule has 0 amide bonds. The number of rotatable bonds is 3. The largest absolute Gasteiger partial charge is 0.476 e. The minimum atomic E-state index is -0.577. The number of halogens is 3. The quantitative estimate of drug-likeness (QED) is 0.467. The minimum Gasteiger partial charge on any atom is -0.476 e. The molecule has 0 bridgehead atoms. The van der Waals surface area contributed by atoms with Crippen LogP contribution < -0.4 is 4.74 Å². The van der Waals surface area contributed by atoms with Crippen LogP contribution in [0, 0.1) is 10.1 Å². The van der Waals surface area contributed by atoms with Gasteiger partial charge in [0, 0.05) is 11.6 Å². The summed E-state index contributed by atoms with van der Waals surface area (Å²) in [5.74, 6) is -0.102. The van der Waals surface area contributed by atoms with Gasteiger partial charge in [-0.25, -0.2) is 4.98 Å². The standard InChI is InChI=1S/C12H7Cl3N2O3/c1-20-12-11(17(18)19)3-2-10(16-12)6-4-8(14)9(15)5-7(6)13/h2-5H,1H3. The van der Waals surface area contributed by atoms with Gasteiger partial charge >= 0.3 is 5.69 Å². The Hall–Kier alpha value is -1.56. The molecule has 1 aromatic heterocycles. The van der Waals surface area contributed by atoms with Gasteiger partial charge in [0.05, 0.1) is 32.8 Å². The van der Waals surface area contributed by atoms with Crippen LogP contribution in [0.15, 0.2) is 24.3 Å². The average Bonchev–Trinajstić information content (AvgIpc) is 2.42. The third-order valence-electron chi connectivity index (χ3n) is 2.52. The molecule has 0 aliphatic carbocycles. The molecule has 1 aromatic carbocycles. The van der Waals surface area contributed by atoms with Crippen LogP contribution in [0.3, 0.4) is 0 Å². The molecule has 0 spiro atoms. The summed E-state index contributed by atoms with van der Waals surface area (Å²) in [7, 11) is 1.30. The van der Waals surface area contributed by atoms with Crippen molar-refractivity contribution in [2.24, 2.45) is 0 Å². The fourth-order valence-corrected chi connectivity index (χ4v) is 2.23. The fraction of sp³-hybridized carbons (Fsp3) is 0.0833. The van der Waals surface area contributed by atoms with Crippen molar-refractivity contribution in [3.05, 3.63) is 49.4 Å². The molecule has 104 valence electrons. The van der Waals surface area contributed by atoms with Crippen molar-refractivity contribution in [1.29, 1.82) is 0 Å². The molecule has 0 fully saturated rings. The molecule has 2 aromatic rings. The number of benzene rings is 1. The SMILES string of the molecule is COc1nc(-c2cc(Cl)c(Cl)cc2Cl)ccc1[N+](=O)[O-]. The highest BCUT2D eigenvalue weighted by molar-refractivity contribution is 6.44. The molecule has 5 nitrogen and oxygen atoms in total. The molecular formula is C12H7Cl3N2O3. The lowest BCUT2D eigenvalue weighted by atomic mass is 10.1. The van der Waals surface area contributed by atoms with Crippen molar-refractivity contribution in [3.63, 3.8) is 0 Å². The first kappa shape index (κ1) is 14.8. The fourth-order valence-electron chi connectivity index (χ4n) is 1.59. The van der Waals surface area contributed by atoms with E-state index in [2.05, 4.69) is 4.98 Å². The normalized spacial score (nSPS) is 10.4. The zero-order chi connectivity index (χ0) is 14.9. The van der Waals surface area contributed by atoms with Gasteiger partial charge in [0.2, 0.25) is 0 Å². The van der Waals surface area contributed by atoms with Gasteiger partial charge in [-0.1, -0.05) is 34.8 Å². The lowest BCUT2D eigenvalue weighted by Crippen LogP contribution is -1.97. The van der Waals surface area contributed by atoms with Crippen molar-refractivity contribution < 1.29 is 9.66 Å². The molecule has 0 saturated carbocycles. The summed E-state index contributed by atoms with van der Waals surface area (Å²) in [4.78, 5) is 14.3. The molecule has 20 heavy (non-hydrogen) atoms. The predicted molar refractivity (Wildman–Crippen MR) is 77.9 cm³/mol. The monoisotopic (exact) mass is 332 g/mol. The van der Waals surface area contributed by atoms with Crippen LogP contribution in [0.5, 0.6) is 5.88 Å². The first-order chi connectivity index (χ1) is 9.43. The molecular weight excluding hydrogens is 327 g/mol.